The number of hydrogen-bond donors (Lipinski definition) is 2. The lowest BCUT2D eigenvalue weighted by Crippen LogP contribution is -2.37. The number of aryl methyl sites for hydroxylation is 2. The van der Waals surface area contributed by atoms with Gasteiger partial charge in [-0.3, -0.25) is 4.68 Å². The molecule has 0 aliphatic heterocycles. The molecule has 0 fully saturated rings. The van der Waals surface area contributed by atoms with Crippen LogP contribution in [0.15, 0.2) is 41.7 Å². The van der Waals surface area contributed by atoms with Crippen LogP contribution in [0.3, 0.4) is 0 Å². The predicted molar refractivity (Wildman–Crippen MR) is 106 cm³/mol. The summed E-state index contributed by atoms with van der Waals surface area (Å²) in [4.78, 5) is 8.95. The third kappa shape index (κ3) is 4.33. The minimum absolute atomic E-state index is 0.554. The maximum absolute atomic E-state index is 4.73. The highest BCUT2D eigenvalue weighted by atomic mass is 15.3. The molecule has 8 heteroatoms. The Bertz CT molecular complexity index is 907. The van der Waals surface area contributed by atoms with Crippen molar-refractivity contribution < 1.29 is 0 Å². The fourth-order valence-electron chi connectivity index (χ4n) is 2.87. The van der Waals surface area contributed by atoms with Crippen molar-refractivity contribution in [1.82, 2.24) is 35.2 Å². The van der Waals surface area contributed by atoms with Gasteiger partial charge in [0.05, 0.1) is 24.5 Å². The summed E-state index contributed by atoms with van der Waals surface area (Å²) < 4.78 is 3.72. The van der Waals surface area contributed by atoms with Crippen LogP contribution in [0.25, 0.3) is 5.69 Å². The van der Waals surface area contributed by atoms with E-state index in [1.54, 1.807) is 11.0 Å². The standard InChI is InChI=1S/C19H26N8/c1-5-20-19(22-12-18-23-13-24-26(18)4)21-11-17-14(2)25-27(15(17)3)16-9-7-6-8-10-16/h6-10,13H,5,11-12H2,1-4H3,(H2,20,21,22). The van der Waals surface area contributed by atoms with Crippen LogP contribution in [0.1, 0.15) is 29.7 Å². The molecule has 0 unspecified atom stereocenters. The summed E-state index contributed by atoms with van der Waals surface area (Å²) in [6.45, 7) is 8.05. The molecule has 0 bridgehead atoms. The first-order chi connectivity index (χ1) is 13.1. The fraction of sp³-hybridized carbons (Fsp3) is 0.368. The molecule has 2 N–H and O–H groups in total. The van der Waals surface area contributed by atoms with Gasteiger partial charge in [0.15, 0.2) is 5.96 Å². The molecule has 142 valence electrons. The zero-order valence-electron chi connectivity index (χ0n) is 16.3. The second-order valence-corrected chi connectivity index (χ2v) is 6.25. The summed E-state index contributed by atoms with van der Waals surface area (Å²) in [5.74, 6) is 1.59. The number of aliphatic imine (C=N–C) groups is 1. The molecule has 8 nitrogen and oxygen atoms in total. The van der Waals surface area contributed by atoms with Crippen LogP contribution in [0.4, 0.5) is 0 Å². The summed E-state index contributed by atoms with van der Waals surface area (Å²) in [7, 11) is 1.87. The minimum atomic E-state index is 0.554. The summed E-state index contributed by atoms with van der Waals surface area (Å²) in [6, 6.07) is 10.1. The van der Waals surface area contributed by atoms with Crippen LogP contribution in [-0.2, 0) is 20.1 Å². The SMILES string of the molecule is CCNC(=NCc1c(C)nn(-c2ccccc2)c1C)NCc1ncnn1C. The first kappa shape index (κ1) is 18.6. The monoisotopic (exact) mass is 366 g/mol. The van der Waals surface area contributed by atoms with E-state index in [1.807, 2.05) is 43.8 Å². The maximum Gasteiger partial charge on any atom is 0.191 e. The van der Waals surface area contributed by atoms with Gasteiger partial charge in [-0.25, -0.2) is 14.7 Å². The summed E-state index contributed by atoms with van der Waals surface area (Å²) in [5.41, 5.74) is 4.28. The van der Waals surface area contributed by atoms with Gasteiger partial charge < -0.3 is 10.6 Å². The zero-order valence-corrected chi connectivity index (χ0v) is 16.3. The quantitative estimate of drug-likeness (QED) is 0.514. The molecular formula is C19H26N8. The summed E-state index contributed by atoms with van der Waals surface area (Å²) in [5, 5.41) is 15.3. The molecule has 0 amide bonds. The van der Waals surface area contributed by atoms with Crippen LogP contribution in [0.5, 0.6) is 0 Å². The molecule has 0 aliphatic rings. The Balaban J connectivity index is 1.76. The lowest BCUT2D eigenvalue weighted by Gasteiger charge is -2.11. The van der Waals surface area contributed by atoms with Gasteiger partial charge in [0.1, 0.15) is 12.2 Å². The average molecular weight is 366 g/mol. The largest absolute Gasteiger partial charge is 0.357 e. The molecule has 0 aliphatic carbocycles. The van der Waals surface area contributed by atoms with Crippen molar-refractivity contribution in [2.45, 2.75) is 33.9 Å². The van der Waals surface area contributed by atoms with Crippen LogP contribution < -0.4 is 10.6 Å². The second-order valence-electron chi connectivity index (χ2n) is 6.25. The lowest BCUT2D eigenvalue weighted by molar-refractivity contribution is 0.673. The van der Waals surface area contributed by atoms with Crippen molar-refractivity contribution in [2.24, 2.45) is 12.0 Å². The Morgan fingerprint density at radius 3 is 2.59 bits per heavy atom. The van der Waals surface area contributed by atoms with Gasteiger partial charge in [0, 0.05) is 24.8 Å². The van der Waals surface area contributed by atoms with E-state index in [2.05, 4.69) is 44.9 Å². The van der Waals surface area contributed by atoms with Crippen molar-refractivity contribution in [3.8, 4) is 5.69 Å². The fourth-order valence-corrected chi connectivity index (χ4v) is 2.87. The molecule has 3 rings (SSSR count). The van der Waals surface area contributed by atoms with Crippen LogP contribution in [-0.4, -0.2) is 37.0 Å². The van der Waals surface area contributed by atoms with Gasteiger partial charge in [0.2, 0.25) is 0 Å². The third-order valence-electron chi connectivity index (χ3n) is 4.40. The zero-order chi connectivity index (χ0) is 19.2. The van der Waals surface area contributed by atoms with Gasteiger partial charge in [-0.15, -0.1) is 0 Å². The molecule has 0 saturated carbocycles. The molecule has 3 aromatic rings. The smallest absolute Gasteiger partial charge is 0.191 e. The Morgan fingerprint density at radius 1 is 1.15 bits per heavy atom. The van der Waals surface area contributed by atoms with Crippen molar-refractivity contribution in [3.05, 3.63) is 59.4 Å². The van der Waals surface area contributed by atoms with E-state index in [1.165, 1.54) is 0 Å². The molecule has 2 aromatic heterocycles. The maximum atomic E-state index is 4.73. The van der Waals surface area contributed by atoms with Crippen LogP contribution in [0.2, 0.25) is 0 Å². The number of aromatic nitrogens is 5. The normalized spacial score (nSPS) is 11.6. The Labute approximate surface area is 159 Å². The molecular weight excluding hydrogens is 340 g/mol. The molecule has 0 radical (unpaired) electrons. The first-order valence-electron chi connectivity index (χ1n) is 9.05. The Morgan fingerprint density at radius 2 is 1.93 bits per heavy atom. The van der Waals surface area contributed by atoms with E-state index < -0.39 is 0 Å². The first-order valence-corrected chi connectivity index (χ1v) is 9.05. The van der Waals surface area contributed by atoms with Crippen molar-refractivity contribution >= 4 is 5.96 Å². The lowest BCUT2D eigenvalue weighted by atomic mass is 10.2. The minimum Gasteiger partial charge on any atom is -0.357 e. The molecule has 0 saturated heterocycles. The van der Waals surface area contributed by atoms with Crippen LogP contribution in [0, 0.1) is 13.8 Å². The van der Waals surface area contributed by atoms with Gasteiger partial charge in [-0.05, 0) is 32.9 Å². The number of nitrogens with zero attached hydrogens (tertiary/aromatic N) is 6. The third-order valence-corrected chi connectivity index (χ3v) is 4.40. The number of nitrogens with one attached hydrogen (secondary N) is 2. The van der Waals surface area contributed by atoms with Gasteiger partial charge >= 0.3 is 0 Å². The number of benzene rings is 1. The number of rotatable bonds is 6. The highest BCUT2D eigenvalue weighted by Crippen LogP contribution is 2.18. The molecule has 0 spiro atoms. The molecule has 27 heavy (non-hydrogen) atoms. The van der Waals surface area contributed by atoms with E-state index in [0.29, 0.717) is 13.1 Å². The van der Waals surface area contributed by atoms with Crippen molar-refractivity contribution in [3.63, 3.8) is 0 Å². The number of guanidine groups is 1. The Hall–Kier alpha value is -3.16. The predicted octanol–water partition coefficient (Wildman–Crippen LogP) is 1.87. The number of para-hydroxylation sites is 1. The van der Waals surface area contributed by atoms with Gasteiger partial charge in [-0.1, -0.05) is 18.2 Å². The summed E-state index contributed by atoms with van der Waals surface area (Å²) in [6.07, 6.45) is 1.55. The van der Waals surface area contributed by atoms with Crippen molar-refractivity contribution in [1.29, 1.82) is 0 Å². The Kier molecular flexibility index (Phi) is 5.85. The topological polar surface area (TPSA) is 84.9 Å². The highest BCUT2D eigenvalue weighted by molar-refractivity contribution is 5.79. The second kappa shape index (κ2) is 8.48. The molecule has 2 heterocycles. The van der Waals surface area contributed by atoms with Gasteiger partial charge in [-0.2, -0.15) is 10.2 Å². The van der Waals surface area contributed by atoms with E-state index in [4.69, 9.17) is 4.99 Å². The van der Waals surface area contributed by atoms with E-state index in [0.717, 1.165) is 41.0 Å². The average Bonchev–Trinajstić information content (AvgIpc) is 3.21. The summed E-state index contributed by atoms with van der Waals surface area (Å²) >= 11 is 0. The van der Waals surface area contributed by atoms with Gasteiger partial charge in [0.25, 0.3) is 0 Å². The highest BCUT2D eigenvalue weighted by Gasteiger charge is 2.12. The van der Waals surface area contributed by atoms with E-state index in [9.17, 15) is 0 Å². The number of hydrogen-bond acceptors (Lipinski definition) is 4. The molecule has 1 aromatic carbocycles. The van der Waals surface area contributed by atoms with Crippen molar-refractivity contribution in [2.75, 3.05) is 6.54 Å². The van der Waals surface area contributed by atoms with E-state index in [-0.39, 0.29) is 0 Å². The molecule has 0 atom stereocenters. The van der Waals surface area contributed by atoms with E-state index >= 15 is 0 Å². The van der Waals surface area contributed by atoms with Crippen LogP contribution >= 0.6 is 0 Å².